The molecule has 1 atom stereocenters. The average Bonchev–Trinajstić information content (AvgIpc) is 3.14. The molecule has 1 aliphatic heterocycles. The monoisotopic (exact) mass is 494 g/mol. The van der Waals surface area contributed by atoms with Crippen LogP contribution in [0.1, 0.15) is 53.0 Å². The summed E-state index contributed by atoms with van der Waals surface area (Å²) in [5.74, 6) is 0.845. The highest BCUT2D eigenvalue weighted by Crippen LogP contribution is 2.42. The fraction of sp³-hybridized carbons (Fsp3) is 0.296. The molecule has 1 saturated heterocycles. The van der Waals surface area contributed by atoms with Crippen molar-refractivity contribution in [2.75, 3.05) is 15.4 Å². The molecule has 178 valence electrons. The second kappa shape index (κ2) is 9.47. The van der Waals surface area contributed by atoms with Crippen LogP contribution >= 0.6 is 11.8 Å². The Kier molecular flexibility index (Phi) is 6.78. The first kappa shape index (κ1) is 24.4. The number of amides is 1. The number of aryl methyl sites for hydroxylation is 3. The molecule has 34 heavy (non-hydrogen) atoms. The molecule has 1 N–H and O–H groups in total. The van der Waals surface area contributed by atoms with Gasteiger partial charge in [0.1, 0.15) is 5.37 Å². The third kappa shape index (κ3) is 4.86. The minimum Gasteiger partial charge on any atom is -0.295 e. The van der Waals surface area contributed by atoms with E-state index in [4.69, 9.17) is 0 Å². The van der Waals surface area contributed by atoms with Crippen molar-refractivity contribution in [3.05, 3.63) is 88.5 Å². The van der Waals surface area contributed by atoms with Crippen molar-refractivity contribution in [3.8, 4) is 0 Å². The van der Waals surface area contributed by atoms with Gasteiger partial charge in [-0.15, -0.1) is 11.8 Å². The summed E-state index contributed by atoms with van der Waals surface area (Å²) < 4.78 is 29.2. The number of benzene rings is 3. The Bertz CT molecular complexity index is 1310. The number of nitrogens with zero attached hydrogens (tertiary/aromatic N) is 1. The largest absolute Gasteiger partial charge is 0.295 e. The molecule has 0 unspecified atom stereocenters. The number of anilines is 2. The first-order valence-corrected chi connectivity index (χ1v) is 13.8. The van der Waals surface area contributed by atoms with Gasteiger partial charge in [-0.2, -0.15) is 0 Å². The van der Waals surface area contributed by atoms with Crippen molar-refractivity contribution in [2.45, 2.75) is 50.8 Å². The number of hydrogen-bond donors (Lipinski definition) is 1. The van der Waals surface area contributed by atoms with Crippen molar-refractivity contribution in [1.82, 2.24) is 0 Å². The molecule has 7 heteroatoms. The van der Waals surface area contributed by atoms with Crippen LogP contribution in [0.4, 0.5) is 11.4 Å². The number of nitrogens with one attached hydrogen (secondary N) is 1. The summed E-state index contributed by atoms with van der Waals surface area (Å²) >= 11 is 1.55. The molecule has 0 saturated carbocycles. The summed E-state index contributed by atoms with van der Waals surface area (Å²) in [6, 6.07) is 19.2. The van der Waals surface area contributed by atoms with Gasteiger partial charge in [-0.05, 0) is 73.2 Å². The van der Waals surface area contributed by atoms with E-state index in [1.807, 2.05) is 63.2 Å². The minimum atomic E-state index is -3.76. The zero-order valence-electron chi connectivity index (χ0n) is 20.1. The lowest BCUT2D eigenvalue weighted by Crippen LogP contribution is -2.27. The Hall–Kier alpha value is -2.77. The van der Waals surface area contributed by atoms with Crippen molar-refractivity contribution in [1.29, 1.82) is 0 Å². The van der Waals surface area contributed by atoms with Crippen LogP contribution in [0.3, 0.4) is 0 Å². The van der Waals surface area contributed by atoms with Crippen molar-refractivity contribution in [3.63, 3.8) is 0 Å². The highest BCUT2D eigenvalue weighted by molar-refractivity contribution is 8.00. The number of thioether (sulfide) groups is 1. The van der Waals surface area contributed by atoms with E-state index in [0.29, 0.717) is 33.4 Å². The Morgan fingerprint density at radius 3 is 2.24 bits per heavy atom. The first-order chi connectivity index (χ1) is 16.1. The minimum absolute atomic E-state index is 0.0455. The number of sulfonamides is 1. The molecule has 0 aliphatic carbocycles. The molecule has 1 amide bonds. The second-order valence-corrected chi connectivity index (χ2v) is 11.8. The zero-order valence-corrected chi connectivity index (χ0v) is 21.8. The lowest BCUT2D eigenvalue weighted by molar-refractivity contribution is -0.115. The molecule has 1 heterocycles. The third-order valence-corrected chi connectivity index (χ3v) is 8.90. The standard InChI is InChI=1S/C27H30N2O3S2/c1-17(2)21-9-11-24(12-10-21)29-25(30)16-33-27(29)22-7-6-8-23(15-22)28-34(31,32)26-19(4)13-18(3)14-20(26)5/h6-15,17,27-28H,16H2,1-5H3/t27-/m1/s1. The van der Waals surface area contributed by atoms with Crippen LogP contribution in [-0.4, -0.2) is 20.1 Å². The van der Waals surface area contributed by atoms with E-state index < -0.39 is 10.0 Å². The van der Waals surface area contributed by atoms with Gasteiger partial charge in [-0.1, -0.05) is 55.8 Å². The number of rotatable bonds is 6. The molecule has 1 aliphatic rings. The predicted molar refractivity (Wildman–Crippen MR) is 141 cm³/mol. The molecular formula is C27H30N2O3S2. The van der Waals surface area contributed by atoms with Gasteiger partial charge >= 0.3 is 0 Å². The lowest BCUT2D eigenvalue weighted by Gasteiger charge is -2.25. The fourth-order valence-corrected chi connectivity index (χ4v) is 7.19. The van der Waals surface area contributed by atoms with Crippen LogP contribution in [0.2, 0.25) is 0 Å². The molecule has 3 aromatic carbocycles. The summed E-state index contributed by atoms with van der Waals surface area (Å²) in [7, 11) is -3.76. The van der Waals surface area contributed by atoms with Gasteiger partial charge in [0.05, 0.1) is 10.6 Å². The fourth-order valence-electron chi connectivity index (χ4n) is 4.52. The average molecular weight is 495 g/mol. The van der Waals surface area contributed by atoms with E-state index in [2.05, 4.69) is 30.7 Å². The first-order valence-electron chi connectivity index (χ1n) is 11.3. The number of carbonyl (C=O) groups excluding carboxylic acids is 1. The van der Waals surface area contributed by atoms with Gasteiger partial charge in [0.15, 0.2) is 0 Å². The third-order valence-electron chi connectivity index (χ3n) is 6.00. The maximum Gasteiger partial charge on any atom is 0.262 e. The van der Waals surface area contributed by atoms with Gasteiger partial charge in [0, 0.05) is 11.4 Å². The summed E-state index contributed by atoms with van der Waals surface area (Å²) in [6.07, 6.45) is 0. The van der Waals surface area contributed by atoms with E-state index in [1.165, 1.54) is 5.56 Å². The molecule has 3 aromatic rings. The Balaban J connectivity index is 1.63. The topological polar surface area (TPSA) is 66.5 Å². The van der Waals surface area contributed by atoms with E-state index >= 15 is 0 Å². The van der Waals surface area contributed by atoms with Crippen LogP contribution in [0, 0.1) is 20.8 Å². The molecule has 0 spiro atoms. The number of hydrogen-bond acceptors (Lipinski definition) is 4. The van der Waals surface area contributed by atoms with Crippen molar-refractivity contribution < 1.29 is 13.2 Å². The maximum atomic E-state index is 13.2. The molecule has 0 radical (unpaired) electrons. The highest BCUT2D eigenvalue weighted by Gasteiger charge is 2.34. The van der Waals surface area contributed by atoms with E-state index in [-0.39, 0.29) is 11.3 Å². The number of carbonyl (C=O) groups is 1. The molecule has 0 bridgehead atoms. The summed E-state index contributed by atoms with van der Waals surface area (Å²) in [5.41, 5.74) is 5.89. The Morgan fingerprint density at radius 2 is 1.62 bits per heavy atom. The van der Waals surface area contributed by atoms with Gasteiger partial charge in [0.25, 0.3) is 10.0 Å². The summed E-state index contributed by atoms with van der Waals surface area (Å²) in [4.78, 5) is 14.9. The SMILES string of the molecule is Cc1cc(C)c(S(=O)(=O)Nc2cccc([C@H]3SCC(=O)N3c3ccc(C(C)C)cc3)c2)c(C)c1. The van der Waals surface area contributed by atoms with E-state index in [1.54, 1.807) is 22.7 Å². The van der Waals surface area contributed by atoms with Gasteiger partial charge in [0.2, 0.25) is 5.91 Å². The normalized spacial score (nSPS) is 16.4. The predicted octanol–water partition coefficient (Wildman–Crippen LogP) is 6.31. The van der Waals surface area contributed by atoms with Crippen LogP contribution in [0.5, 0.6) is 0 Å². The van der Waals surface area contributed by atoms with E-state index in [0.717, 1.165) is 16.8 Å². The quantitative estimate of drug-likeness (QED) is 0.436. The second-order valence-electron chi connectivity index (χ2n) is 9.13. The van der Waals surface area contributed by atoms with Gasteiger partial charge < -0.3 is 0 Å². The van der Waals surface area contributed by atoms with Crippen LogP contribution in [0.25, 0.3) is 0 Å². The Labute approximate surface area is 206 Å². The molecule has 1 fully saturated rings. The van der Waals surface area contributed by atoms with Crippen molar-refractivity contribution >= 4 is 39.1 Å². The lowest BCUT2D eigenvalue weighted by atomic mass is 10.0. The van der Waals surface area contributed by atoms with Crippen molar-refractivity contribution in [2.24, 2.45) is 0 Å². The van der Waals surface area contributed by atoms with E-state index in [9.17, 15) is 13.2 Å². The van der Waals surface area contributed by atoms with Crippen LogP contribution < -0.4 is 9.62 Å². The van der Waals surface area contributed by atoms with Crippen LogP contribution in [0.15, 0.2) is 65.6 Å². The molecule has 5 nitrogen and oxygen atoms in total. The molecule has 4 rings (SSSR count). The maximum absolute atomic E-state index is 13.2. The summed E-state index contributed by atoms with van der Waals surface area (Å²) in [6.45, 7) is 9.86. The smallest absolute Gasteiger partial charge is 0.262 e. The Morgan fingerprint density at radius 1 is 0.971 bits per heavy atom. The van der Waals surface area contributed by atoms with Crippen LogP contribution in [-0.2, 0) is 14.8 Å². The van der Waals surface area contributed by atoms with Gasteiger partial charge in [-0.25, -0.2) is 8.42 Å². The highest BCUT2D eigenvalue weighted by atomic mass is 32.2. The molecule has 0 aromatic heterocycles. The zero-order chi connectivity index (χ0) is 24.6. The van der Waals surface area contributed by atoms with Gasteiger partial charge in [-0.3, -0.25) is 14.4 Å². The summed E-state index contributed by atoms with van der Waals surface area (Å²) in [5, 5.41) is -0.218. The molecular weight excluding hydrogens is 464 g/mol.